The highest BCUT2D eigenvalue weighted by molar-refractivity contribution is 5.73. The molecule has 18 heavy (non-hydrogen) atoms. The molecular weight excluding hydrogens is 228 g/mol. The van der Waals surface area contributed by atoms with Crippen LogP contribution in [-0.2, 0) is 4.79 Å². The van der Waals surface area contributed by atoms with Crippen molar-refractivity contribution in [3.8, 4) is 0 Å². The largest absolute Gasteiger partial charge is 0.481 e. The fraction of sp³-hybridized carbons (Fsp3) is 0.500. The Labute approximate surface area is 107 Å². The molecule has 4 nitrogen and oxygen atoms in total. The Morgan fingerprint density at radius 2 is 2.11 bits per heavy atom. The Morgan fingerprint density at radius 3 is 2.72 bits per heavy atom. The summed E-state index contributed by atoms with van der Waals surface area (Å²) >= 11 is 0. The number of hydrogen-bond acceptors (Lipinski definition) is 3. The standard InChI is InChI=1S/C14H20N2O2/c1-14(2)12(13(17)18)10(9-16-14)8-15-11-6-4-3-5-7-11/h3-7,10,12,15-16H,8-9H2,1-2H3,(H,17,18)/t10?,12-/m0/s1. The first-order chi connectivity index (χ1) is 8.50. The van der Waals surface area contributed by atoms with E-state index in [2.05, 4.69) is 10.6 Å². The van der Waals surface area contributed by atoms with Crippen LogP contribution in [0.4, 0.5) is 5.69 Å². The zero-order valence-electron chi connectivity index (χ0n) is 10.8. The molecule has 0 aliphatic carbocycles. The maximum Gasteiger partial charge on any atom is 0.308 e. The second-order valence-electron chi connectivity index (χ2n) is 5.43. The Bertz CT molecular complexity index is 417. The number of rotatable bonds is 4. The van der Waals surface area contributed by atoms with Crippen molar-refractivity contribution in [2.45, 2.75) is 19.4 Å². The molecule has 1 heterocycles. The van der Waals surface area contributed by atoms with Gasteiger partial charge in [0.15, 0.2) is 0 Å². The monoisotopic (exact) mass is 248 g/mol. The van der Waals surface area contributed by atoms with Crippen LogP contribution in [0.25, 0.3) is 0 Å². The molecule has 2 rings (SSSR count). The molecule has 0 amide bonds. The lowest BCUT2D eigenvalue weighted by Gasteiger charge is -2.26. The van der Waals surface area contributed by atoms with Gasteiger partial charge in [0.2, 0.25) is 0 Å². The number of aliphatic carboxylic acids is 1. The number of para-hydroxylation sites is 1. The van der Waals surface area contributed by atoms with E-state index in [9.17, 15) is 9.90 Å². The van der Waals surface area contributed by atoms with E-state index in [4.69, 9.17) is 0 Å². The Balaban J connectivity index is 1.99. The molecule has 3 N–H and O–H groups in total. The number of hydrogen-bond donors (Lipinski definition) is 3. The first-order valence-corrected chi connectivity index (χ1v) is 6.27. The maximum atomic E-state index is 11.4. The minimum Gasteiger partial charge on any atom is -0.481 e. The summed E-state index contributed by atoms with van der Waals surface area (Å²) in [7, 11) is 0. The van der Waals surface area contributed by atoms with Gasteiger partial charge in [-0.15, -0.1) is 0 Å². The third kappa shape index (κ3) is 2.64. The van der Waals surface area contributed by atoms with Crippen molar-refractivity contribution in [2.75, 3.05) is 18.4 Å². The summed E-state index contributed by atoms with van der Waals surface area (Å²) in [6, 6.07) is 9.87. The molecule has 1 aliphatic heterocycles. The summed E-state index contributed by atoms with van der Waals surface area (Å²) < 4.78 is 0. The van der Waals surface area contributed by atoms with Crippen LogP contribution in [0.5, 0.6) is 0 Å². The molecule has 0 aromatic heterocycles. The summed E-state index contributed by atoms with van der Waals surface area (Å²) in [6.07, 6.45) is 0. The van der Waals surface area contributed by atoms with Crippen LogP contribution in [0.15, 0.2) is 30.3 Å². The van der Waals surface area contributed by atoms with Gasteiger partial charge in [-0.1, -0.05) is 18.2 Å². The van der Waals surface area contributed by atoms with Gasteiger partial charge < -0.3 is 15.7 Å². The van der Waals surface area contributed by atoms with E-state index in [1.165, 1.54) is 0 Å². The summed E-state index contributed by atoms with van der Waals surface area (Å²) in [5.41, 5.74) is 0.695. The van der Waals surface area contributed by atoms with Gasteiger partial charge in [-0.2, -0.15) is 0 Å². The van der Waals surface area contributed by atoms with Crippen molar-refractivity contribution in [1.29, 1.82) is 0 Å². The van der Waals surface area contributed by atoms with E-state index in [0.29, 0.717) is 6.54 Å². The van der Waals surface area contributed by atoms with Crippen molar-refractivity contribution < 1.29 is 9.90 Å². The molecular formula is C14H20N2O2. The molecule has 1 unspecified atom stereocenters. The van der Waals surface area contributed by atoms with E-state index < -0.39 is 5.97 Å². The van der Waals surface area contributed by atoms with E-state index in [-0.39, 0.29) is 17.4 Å². The molecule has 1 aromatic rings. The molecule has 0 spiro atoms. The molecule has 0 radical (unpaired) electrons. The fourth-order valence-electron chi connectivity index (χ4n) is 2.72. The van der Waals surface area contributed by atoms with Crippen molar-refractivity contribution >= 4 is 11.7 Å². The molecule has 98 valence electrons. The number of carbonyl (C=O) groups is 1. The highest BCUT2D eigenvalue weighted by Gasteiger charge is 2.46. The third-order valence-electron chi connectivity index (χ3n) is 3.68. The number of anilines is 1. The van der Waals surface area contributed by atoms with Crippen LogP contribution in [0.1, 0.15) is 13.8 Å². The maximum absolute atomic E-state index is 11.4. The van der Waals surface area contributed by atoms with Crippen molar-refractivity contribution in [3.63, 3.8) is 0 Å². The van der Waals surface area contributed by atoms with Crippen molar-refractivity contribution in [1.82, 2.24) is 5.32 Å². The number of nitrogens with one attached hydrogen (secondary N) is 2. The molecule has 1 saturated heterocycles. The van der Waals surface area contributed by atoms with Crippen LogP contribution in [0, 0.1) is 11.8 Å². The number of benzene rings is 1. The minimum atomic E-state index is -0.718. The van der Waals surface area contributed by atoms with Gasteiger partial charge in [-0.25, -0.2) is 0 Å². The smallest absolute Gasteiger partial charge is 0.308 e. The lowest BCUT2D eigenvalue weighted by Crippen LogP contribution is -2.43. The van der Waals surface area contributed by atoms with E-state index in [1.54, 1.807) is 0 Å². The van der Waals surface area contributed by atoms with Gasteiger partial charge in [-0.3, -0.25) is 4.79 Å². The van der Waals surface area contributed by atoms with Crippen molar-refractivity contribution in [3.05, 3.63) is 30.3 Å². The number of carboxylic acid groups (broad SMARTS) is 1. The summed E-state index contributed by atoms with van der Waals surface area (Å²) in [5, 5.41) is 15.9. The second-order valence-corrected chi connectivity index (χ2v) is 5.43. The minimum absolute atomic E-state index is 0.109. The van der Waals surface area contributed by atoms with Gasteiger partial charge in [0.1, 0.15) is 0 Å². The highest BCUT2D eigenvalue weighted by Crippen LogP contribution is 2.31. The predicted molar refractivity (Wildman–Crippen MR) is 71.6 cm³/mol. The van der Waals surface area contributed by atoms with Gasteiger partial charge in [0, 0.05) is 30.2 Å². The van der Waals surface area contributed by atoms with E-state index >= 15 is 0 Å². The van der Waals surface area contributed by atoms with Crippen LogP contribution in [0.2, 0.25) is 0 Å². The third-order valence-corrected chi connectivity index (χ3v) is 3.68. The van der Waals surface area contributed by atoms with E-state index in [0.717, 1.165) is 12.2 Å². The number of carboxylic acids is 1. The topological polar surface area (TPSA) is 61.4 Å². The van der Waals surface area contributed by atoms with Gasteiger partial charge in [-0.05, 0) is 26.0 Å². The zero-order valence-corrected chi connectivity index (χ0v) is 10.8. The normalized spacial score (nSPS) is 25.9. The van der Waals surface area contributed by atoms with Gasteiger partial charge >= 0.3 is 5.97 Å². The molecule has 1 aliphatic rings. The molecule has 4 heteroatoms. The molecule has 1 aromatic carbocycles. The lowest BCUT2D eigenvalue weighted by molar-refractivity contribution is -0.144. The quantitative estimate of drug-likeness (QED) is 0.760. The van der Waals surface area contributed by atoms with Crippen molar-refractivity contribution in [2.24, 2.45) is 11.8 Å². The lowest BCUT2D eigenvalue weighted by atomic mass is 9.82. The summed E-state index contributed by atoms with van der Waals surface area (Å²) in [5.74, 6) is -0.962. The fourth-order valence-corrected chi connectivity index (χ4v) is 2.72. The Hall–Kier alpha value is -1.55. The van der Waals surface area contributed by atoms with Crippen LogP contribution < -0.4 is 10.6 Å². The first kappa shape index (κ1) is 12.9. The average Bonchev–Trinajstić information content (AvgIpc) is 2.63. The molecule has 1 fully saturated rings. The zero-order chi connectivity index (χ0) is 13.2. The summed E-state index contributed by atoms with van der Waals surface area (Å²) in [4.78, 5) is 11.4. The summed E-state index contributed by atoms with van der Waals surface area (Å²) in [6.45, 7) is 5.32. The van der Waals surface area contributed by atoms with Crippen LogP contribution in [-0.4, -0.2) is 29.7 Å². The van der Waals surface area contributed by atoms with Gasteiger partial charge in [0.05, 0.1) is 5.92 Å². The molecule has 2 atom stereocenters. The predicted octanol–water partition coefficient (Wildman–Crippen LogP) is 1.80. The van der Waals surface area contributed by atoms with Gasteiger partial charge in [0.25, 0.3) is 0 Å². The average molecular weight is 248 g/mol. The van der Waals surface area contributed by atoms with Crippen LogP contribution in [0.3, 0.4) is 0 Å². The van der Waals surface area contributed by atoms with Crippen LogP contribution >= 0.6 is 0 Å². The Kier molecular flexibility index (Phi) is 3.57. The first-order valence-electron chi connectivity index (χ1n) is 6.27. The molecule has 0 saturated carbocycles. The Morgan fingerprint density at radius 1 is 1.44 bits per heavy atom. The second kappa shape index (κ2) is 4.98. The van der Waals surface area contributed by atoms with E-state index in [1.807, 2.05) is 44.2 Å². The SMILES string of the molecule is CC1(C)NCC(CNc2ccccc2)[C@H]1C(=O)O. The highest BCUT2D eigenvalue weighted by atomic mass is 16.4. The molecule has 0 bridgehead atoms.